The summed E-state index contributed by atoms with van der Waals surface area (Å²) < 4.78 is 35.0. The fourth-order valence-electron chi connectivity index (χ4n) is 2.94. The highest BCUT2D eigenvalue weighted by molar-refractivity contribution is 5.76. The van der Waals surface area contributed by atoms with Crippen LogP contribution < -0.4 is 19.5 Å². The lowest BCUT2D eigenvalue weighted by atomic mass is 10.1. The molecule has 0 saturated carbocycles. The maximum Gasteiger partial charge on any atom is 0.227 e. The van der Waals surface area contributed by atoms with Crippen LogP contribution in [-0.4, -0.2) is 54.6 Å². The van der Waals surface area contributed by atoms with E-state index in [0.717, 1.165) is 0 Å². The molecule has 3 aromatic rings. The number of hydrogen-bond donors (Lipinski definition) is 2. The Labute approximate surface area is 190 Å². The normalized spacial score (nSPS) is 11.7. The summed E-state index contributed by atoms with van der Waals surface area (Å²) >= 11 is 0. The summed E-state index contributed by atoms with van der Waals surface area (Å²) in [4.78, 5) is 16.3. The lowest BCUT2D eigenvalue weighted by molar-refractivity contribution is -0.121. The first kappa shape index (κ1) is 24.0. The molecule has 1 atom stereocenters. The van der Waals surface area contributed by atoms with Crippen molar-refractivity contribution in [2.24, 2.45) is 0 Å². The number of carbonyl (C=O) groups excluding carboxylic acids is 1. The molecule has 0 radical (unpaired) electrons. The molecule has 1 heterocycles. The van der Waals surface area contributed by atoms with Crippen LogP contribution in [0.1, 0.15) is 17.9 Å². The van der Waals surface area contributed by atoms with Crippen LogP contribution in [-0.2, 0) is 11.2 Å². The van der Waals surface area contributed by atoms with Crippen molar-refractivity contribution in [2.45, 2.75) is 25.9 Å². The van der Waals surface area contributed by atoms with Gasteiger partial charge in [0.1, 0.15) is 18.5 Å². The molecule has 2 aromatic carbocycles. The molecule has 0 fully saturated rings. The average molecular weight is 459 g/mol. The topological polar surface area (TPSA) is 116 Å². The van der Waals surface area contributed by atoms with Crippen molar-refractivity contribution in [1.29, 1.82) is 0 Å². The number of halogens is 1. The maximum atomic E-state index is 13.7. The van der Waals surface area contributed by atoms with E-state index in [2.05, 4.69) is 15.5 Å². The fourth-order valence-corrected chi connectivity index (χ4v) is 2.94. The summed E-state index contributed by atoms with van der Waals surface area (Å²) in [5.74, 6) is 1.16. The lowest BCUT2D eigenvalue weighted by Crippen LogP contribution is -2.35. The second-order valence-corrected chi connectivity index (χ2v) is 7.24. The molecular formula is C23H26FN3O6. The molecular weight excluding hydrogens is 433 g/mol. The van der Waals surface area contributed by atoms with Gasteiger partial charge in [-0.15, -0.1) is 0 Å². The van der Waals surface area contributed by atoms with E-state index in [1.54, 1.807) is 37.3 Å². The Morgan fingerprint density at radius 2 is 1.94 bits per heavy atom. The van der Waals surface area contributed by atoms with Crippen molar-refractivity contribution in [2.75, 3.05) is 27.4 Å². The predicted molar refractivity (Wildman–Crippen MR) is 117 cm³/mol. The van der Waals surface area contributed by atoms with Gasteiger partial charge in [0, 0.05) is 24.9 Å². The van der Waals surface area contributed by atoms with Gasteiger partial charge < -0.3 is 29.2 Å². The van der Waals surface area contributed by atoms with Crippen LogP contribution in [0.15, 0.2) is 40.9 Å². The van der Waals surface area contributed by atoms with Crippen LogP contribution in [0.5, 0.6) is 17.2 Å². The van der Waals surface area contributed by atoms with Crippen LogP contribution in [0, 0.1) is 12.7 Å². The molecule has 0 aliphatic carbocycles. The molecule has 0 saturated heterocycles. The Kier molecular flexibility index (Phi) is 8.20. The third-order valence-corrected chi connectivity index (χ3v) is 4.80. The molecule has 176 valence electrons. The minimum Gasteiger partial charge on any atom is -0.493 e. The number of benzene rings is 2. The standard InChI is InChI=1S/C23H26FN3O6/c1-14-7-8-15(11-17(14)24)23-26-21(33-27-23)10-9-20(29)25-12-16(28)13-32-22-18(30-2)5-4-6-19(22)31-3/h4-8,11,16,28H,9-10,12-13H2,1-3H3,(H,25,29). The summed E-state index contributed by atoms with van der Waals surface area (Å²) in [6.07, 6.45) is -0.661. The number of nitrogens with one attached hydrogen (secondary N) is 1. The molecule has 3 rings (SSSR count). The Morgan fingerprint density at radius 1 is 1.21 bits per heavy atom. The van der Waals surface area contributed by atoms with Gasteiger partial charge in [0.2, 0.25) is 23.4 Å². The van der Waals surface area contributed by atoms with Gasteiger partial charge in [-0.3, -0.25) is 4.79 Å². The van der Waals surface area contributed by atoms with E-state index in [0.29, 0.717) is 28.4 Å². The highest BCUT2D eigenvalue weighted by Crippen LogP contribution is 2.36. The van der Waals surface area contributed by atoms with Gasteiger partial charge in [0.05, 0.1) is 14.2 Å². The summed E-state index contributed by atoms with van der Waals surface area (Å²) in [5.41, 5.74) is 1.01. The van der Waals surface area contributed by atoms with Gasteiger partial charge in [0.15, 0.2) is 11.5 Å². The Balaban J connectivity index is 1.44. The molecule has 0 aliphatic heterocycles. The molecule has 2 N–H and O–H groups in total. The fraction of sp³-hybridized carbons (Fsp3) is 0.348. The van der Waals surface area contributed by atoms with Crippen LogP contribution in [0.4, 0.5) is 4.39 Å². The van der Waals surface area contributed by atoms with Gasteiger partial charge in [-0.05, 0) is 30.7 Å². The zero-order valence-electron chi connectivity index (χ0n) is 18.6. The zero-order valence-corrected chi connectivity index (χ0v) is 18.6. The van der Waals surface area contributed by atoms with Gasteiger partial charge in [-0.25, -0.2) is 4.39 Å². The number of ether oxygens (including phenoxy) is 3. The molecule has 1 amide bonds. The smallest absolute Gasteiger partial charge is 0.227 e. The first-order valence-electron chi connectivity index (χ1n) is 10.3. The Hall–Kier alpha value is -3.66. The van der Waals surface area contributed by atoms with Gasteiger partial charge in [-0.1, -0.05) is 23.4 Å². The second-order valence-electron chi connectivity index (χ2n) is 7.24. The van der Waals surface area contributed by atoms with Crippen molar-refractivity contribution < 1.29 is 33.0 Å². The van der Waals surface area contributed by atoms with Crippen molar-refractivity contribution in [3.8, 4) is 28.6 Å². The molecule has 0 bridgehead atoms. The number of carbonyl (C=O) groups is 1. The van der Waals surface area contributed by atoms with E-state index in [1.807, 2.05) is 0 Å². The molecule has 1 aromatic heterocycles. The van der Waals surface area contributed by atoms with Crippen molar-refractivity contribution in [1.82, 2.24) is 15.5 Å². The van der Waals surface area contributed by atoms with Crippen LogP contribution >= 0.6 is 0 Å². The van der Waals surface area contributed by atoms with E-state index < -0.39 is 6.10 Å². The van der Waals surface area contributed by atoms with E-state index in [1.165, 1.54) is 20.3 Å². The van der Waals surface area contributed by atoms with Crippen molar-refractivity contribution in [3.05, 3.63) is 53.7 Å². The lowest BCUT2D eigenvalue weighted by Gasteiger charge is -2.17. The second kappa shape index (κ2) is 11.3. The molecule has 0 aliphatic rings. The number of aromatic nitrogens is 2. The van der Waals surface area contributed by atoms with Gasteiger partial charge in [0.25, 0.3) is 0 Å². The molecule has 0 spiro atoms. The number of hydrogen-bond acceptors (Lipinski definition) is 8. The molecule has 33 heavy (non-hydrogen) atoms. The maximum absolute atomic E-state index is 13.7. The summed E-state index contributed by atoms with van der Waals surface area (Å²) in [7, 11) is 3.01. The van der Waals surface area contributed by atoms with E-state index in [9.17, 15) is 14.3 Å². The number of aliphatic hydroxyl groups is 1. The van der Waals surface area contributed by atoms with Crippen molar-refractivity contribution in [3.63, 3.8) is 0 Å². The third kappa shape index (κ3) is 6.42. The predicted octanol–water partition coefficient (Wildman–Crippen LogP) is 2.69. The van der Waals surface area contributed by atoms with Gasteiger partial charge >= 0.3 is 0 Å². The number of amides is 1. The number of rotatable bonds is 11. The van der Waals surface area contributed by atoms with E-state index in [-0.39, 0.29) is 49.4 Å². The van der Waals surface area contributed by atoms with E-state index >= 15 is 0 Å². The number of para-hydroxylation sites is 1. The zero-order chi connectivity index (χ0) is 23.8. The largest absolute Gasteiger partial charge is 0.493 e. The van der Waals surface area contributed by atoms with Crippen LogP contribution in [0.25, 0.3) is 11.4 Å². The Bertz CT molecular complexity index is 1070. The SMILES string of the molecule is COc1cccc(OC)c1OCC(O)CNC(=O)CCc1nc(-c2ccc(C)c(F)c2)no1. The summed E-state index contributed by atoms with van der Waals surface area (Å²) in [6, 6.07) is 9.85. The Morgan fingerprint density at radius 3 is 2.61 bits per heavy atom. The first-order chi connectivity index (χ1) is 15.9. The highest BCUT2D eigenvalue weighted by Gasteiger charge is 2.15. The minimum absolute atomic E-state index is 0.00593. The van der Waals surface area contributed by atoms with Crippen molar-refractivity contribution >= 4 is 5.91 Å². The molecule has 9 nitrogen and oxygen atoms in total. The van der Waals surface area contributed by atoms with Gasteiger partial charge in [-0.2, -0.15) is 4.98 Å². The molecule has 1 unspecified atom stereocenters. The quantitative estimate of drug-likeness (QED) is 0.450. The molecule has 10 heteroatoms. The number of methoxy groups -OCH3 is 2. The summed E-state index contributed by atoms with van der Waals surface area (Å²) in [5, 5.41) is 16.6. The highest BCUT2D eigenvalue weighted by atomic mass is 19.1. The third-order valence-electron chi connectivity index (χ3n) is 4.80. The van der Waals surface area contributed by atoms with Crippen LogP contribution in [0.3, 0.4) is 0 Å². The van der Waals surface area contributed by atoms with Crippen LogP contribution in [0.2, 0.25) is 0 Å². The average Bonchev–Trinajstić information content (AvgIpc) is 3.30. The van der Waals surface area contributed by atoms with E-state index in [4.69, 9.17) is 18.7 Å². The summed E-state index contributed by atoms with van der Waals surface area (Å²) in [6.45, 7) is 1.59. The minimum atomic E-state index is -0.949. The number of aryl methyl sites for hydroxylation is 2. The number of aliphatic hydroxyl groups excluding tert-OH is 1. The monoisotopic (exact) mass is 459 g/mol. The first-order valence-corrected chi connectivity index (χ1v) is 10.3. The number of nitrogens with zero attached hydrogens (tertiary/aromatic N) is 2.